The summed E-state index contributed by atoms with van der Waals surface area (Å²) in [5, 5.41) is 11.4. The Bertz CT molecular complexity index is 759. The van der Waals surface area contributed by atoms with Gasteiger partial charge in [0.15, 0.2) is 0 Å². The molecule has 3 rings (SSSR count). The summed E-state index contributed by atoms with van der Waals surface area (Å²) in [5.74, 6) is -0.120. The van der Waals surface area contributed by atoms with Crippen LogP contribution in [0.5, 0.6) is 0 Å². The average molecular weight is 291 g/mol. The number of aliphatic hydroxyl groups is 1. The first-order valence-electron chi connectivity index (χ1n) is 6.17. The predicted molar refractivity (Wildman–Crippen MR) is 76.4 cm³/mol. The minimum absolute atomic E-state index is 0.242. The maximum absolute atomic E-state index is 13.3. The van der Waals surface area contributed by atoms with E-state index in [0.29, 0.717) is 16.9 Å². The van der Waals surface area contributed by atoms with Gasteiger partial charge in [0.1, 0.15) is 23.3 Å². The van der Waals surface area contributed by atoms with E-state index >= 15 is 0 Å². The Labute approximate surface area is 120 Å². The fourth-order valence-electron chi connectivity index (χ4n) is 2.22. The largest absolute Gasteiger partial charge is 0.458 e. The van der Waals surface area contributed by atoms with Crippen molar-refractivity contribution in [3.05, 3.63) is 70.2 Å². The lowest BCUT2D eigenvalue weighted by molar-refractivity contribution is 0.192. The molecular weight excluding hydrogens is 279 g/mol. The molecule has 0 aliphatic carbocycles. The summed E-state index contributed by atoms with van der Waals surface area (Å²) in [6, 6.07) is 11.5. The smallest absolute Gasteiger partial charge is 0.138 e. The first-order valence-corrected chi connectivity index (χ1v) is 6.55. The summed E-state index contributed by atoms with van der Waals surface area (Å²) in [6.45, 7) is 1.98. The molecule has 1 aromatic heterocycles. The van der Waals surface area contributed by atoms with Gasteiger partial charge in [-0.3, -0.25) is 0 Å². The first kappa shape index (κ1) is 13.2. The summed E-state index contributed by atoms with van der Waals surface area (Å²) < 4.78 is 18.9. The van der Waals surface area contributed by atoms with Crippen LogP contribution in [0.1, 0.15) is 23.0 Å². The highest BCUT2D eigenvalue weighted by molar-refractivity contribution is 6.30. The van der Waals surface area contributed by atoms with Crippen molar-refractivity contribution in [3.8, 4) is 0 Å². The summed E-state index contributed by atoms with van der Waals surface area (Å²) >= 11 is 5.80. The Balaban J connectivity index is 2.05. The molecule has 1 N–H and O–H groups in total. The average Bonchev–Trinajstić information content (AvgIpc) is 2.79. The van der Waals surface area contributed by atoms with Crippen LogP contribution in [0.3, 0.4) is 0 Å². The molecule has 2 aromatic carbocycles. The van der Waals surface area contributed by atoms with E-state index in [1.807, 2.05) is 25.1 Å². The second kappa shape index (κ2) is 4.93. The van der Waals surface area contributed by atoms with Gasteiger partial charge in [0.25, 0.3) is 0 Å². The summed E-state index contributed by atoms with van der Waals surface area (Å²) in [7, 11) is 0. The Morgan fingerprint density at radius 2 is 1.95 bits per heavy atom. The Hall–Kier alpha value is -1.84. The molecule has 0 bridgehead atoms. The van der Waals surface area contributed by atoms with E-state index in [0.717, 1.165) is 10.9 Å². The third-order valence-corrected chi connectivity index (χ3v) is 3.38. The second-order valence-corrected chi connectivity index (χ2v) is 5.23. The van der Waals surface area contributed by atoms with Gasteiger partial charge in [-0.1, -0.05) is 23.2 Å². The molecule has 0 saturated heterocycles. The predicted octanol–water partition coefficient (Wildman–Crippen LogP) is 4.62. The zero-order chi connectivity index (χ0) is 14.3. The number of hydrogen-bond acceptors (Lipinski definition) is 2. The van der Waals surface area contributed by atoms with Gasteiger partial charge in [0.2, 0.25) is 0 Å². The van der Waals surface area contributed by atoms with Gasteiger partial charge in [0.05, 0.1) is 0 Å². The number of rotatable bonds is 2. The van der Waals surface area contributed by atoms with Gasteiger partial charge in [0, 0.05) is 10.4 Å². The van der Waals surface area contributed by atoms with Crippen LogP contribution in [0.15, 0.2) is 46.9 Å². The molecule has 0 amide bonds. The molecular formula is C16H12ClFO2. The van der Waals surface area contributed by atoms with Gasteiger partial charge in [-0.05, 0) is 48.9 Å². The molecule has 1 unspecified atom stereocenters. The lowest BCUT2D eigenvalue weighted by atomic mass is 10.1. The van der Waals surface area contributed by atoms with E-state index in [9.17, 15) is 9.50 Å². The van der Waals surface area contributed by atoms with Crippen LogP contribution in [0.4, 0.5) is 4.39 Å². The van der Waals surface area contributed by atoms with Crippen LogP contribution in [0, 0.1) is 12.7 Å². The lowest BCUT2D eigenvalue weighted by Gasteiger charge is -2.08. The minimum atomic E-state index is -1.05. The van der Waals surface area contributed by atoms with Crippen LogP contribution in [-0.2, 0) is 0 Å². The van der Waals surface area contributed by atoms with Crippen molar-refractivity contribution >= 4 is 22.6 Å². The molecule has 1 atom stereocenters. The molecule has 0 saturated carbocycles. The molecule has 0 fully saturated rings. The fourth-order valence-corrected chi connectivity index (χ4v) is 2.45. The number of aryl methyl sites for hydroxylation is 1. The topological polar surface area (TPSA) is 33.4 Å². The monoisotopic (exact) mass is 290 g/mol. The zero-order valence-electron chi connectivity index (χ0n) is 10.7. The molecule has 3 aromatic rings. The van der Waals surface area contributed by atoms with Gasteiger partial charge < -0.3 is 9.52 Å². The minimum Gasteiger partial charge on any atom is -0.458 e. The van der Waals surface area contributed by atoms with Crippen molar-refractivity contribution in [2.24, 2.45) is 0 Å². The van der Waals surface area contributed by atoms with Gasteiger partial charge >= 0.3 is 0 Å². The van der Waals surface area contributed by atoms with Crippen molar-refractivity contribution < 1.29 is 13.9 Å². The van der Waals surface area contributed by atoms with Gasteiger partial charge in [-0.25, -0.2) is 4.39 Å². The van der Waals surface area contributed by atoms with Crippen LogP contribution in [-0.4, -0.2) is 5.11 Å². The lowest BCUT2D eigenvalue weighted by Crippen LogP contribution is -1.98. The second-order valence-electron chi connectivity index (χ2n) is 4.80. The maximum Gasteiger partial charge on any atom is 0.138 e. The van der Waals surface area contributed by atoms with Gasteiger partial charge in [-0.2, -0.15) is 0 Å². The number of benzene rings is 2. The van der Waals surface area contributed by atoms with E-state index in [2.05, 4.69) is 0 Å². The SMILES string of the molecule is Cc1ccc2oc(C(O)c3cc(F)cc(Cl)c3)cc2c1. The van der Waals surface area contributed by atoms with Crippen LogP contribution in [0.2, 0.25) is 5.02 Å². The Morgan fingerprint density at radius 1 is 1.15 bits per heavy atom. The van der Waals surface area contributed by atoms with Crippen LogP contribution >= 0.6 is 11.6 Å². The quantitative estimate of drug-likeness (QED) is 0.747. The normalized spacial score (nSPS) is 12.8. The molecule has 0 spiro atoms. The molecule has 0 aliphatic rings. The number of fused-ring (bicyclic) bond motifs is 1. The molecule has 4 heteroatoms. The summed E-state index contributed by atoms with van der Waals surface area (Å²) in [4.78, 5) is 0. The molecule has 0 radical (unpaired) electrons. The highest BCUT2D eigenvalue weighted by Gasteiger charge is 2.17. The fraction of sp³-hybridized carbons (Fsp3) is 0.125. The van der Waals surface area contributed by atoms with Crippen molar-refractivity contribution in [1.82, 2.24) is 0 Å². The van der Waals surface area contributed by atoms with Crippen molar-refractivity contribution in [2.75, 3.05) is 0 Å². The van der Waals surface area contributed by atoms with Crippen molar-refractivity contribution in [2.45, 2.75) is 13.0 Å². The van der Waals surface area contributed by atoms with Crippen LogP contribution < -0.4 is 0 Å². The van der Waals surface area contributed by atoms with E-state index in [1.165, 1.54) is 18.2 Å². The third kappa shape index (κ3) is 2.42. The summed E-state index contributed by atoms with van der Waals surface area (Å²) in [6.07, 6.45) is -1.05. The van der Waals surface area contributed by atoms with Crippen molar-refractivity contribution in [3.63, 3.8) is 0 Å². The number of hydrogen-bond donors (Lipinski definition) is 1. The highest BCUT2D eigenvalue weighted by atomic mass is 35.5. The first-order chi connectivity index (χ1) is 9.52. The Kier molecular flexibility index (Phi) is 3.24. The number of aliphatic hydroxyl groups excluding tert-OH is 1. The standard InChI is InChI=1S/C16H12ClFO2/c1-9-2-3-14-10(4-9)7-15(20-14)16(19)11-5-12(17)8-13(18)6-11/h2-8,16,19H,1H3. The van der Waals surface area contributed by atoms with Gasteiger partial charge in [-0.15, -0.1) is 0 Å². The van der Waals surface area contributed by atoms with E-state index in [1.54, 1.807) is 6.07 Å². The molecule has 1 heterocycles. The molecule has 0 aliphatic heterocycles. The highest BCUT2D eigenvalue weighted by Crippen LogP contribution is 2.30. The zero-order valence-corrected chi connectivity index (χ0v) is 11.5. The number of halogens is 2. The van der Waals surface area contributed by atoms with Crippen LogP contribution in [0.25, 0.3) is 11.0 Å². The molecule has 102 valence electrons. The molecule has 20 heavy (non-hydrogen) atoms. The van der Waals surface area contributed by atoms with Crippen molar-refractivity contribution in [1.29, 1.82) is 0 Å². The maximum atomic E-state index is 13.3. The summed E-state index contributed by atoms with van der Waals surface area (Å²) in [5.41, 5.74) is 2.16. The van der Waals surface area contributed by atoms with E-state index in [4.69, 9.17) is 16.0 Å². The van der Waals surface area contributed by atoms with E-state index in [-0.39, 0.29) is 5.02 Å². The third-order valence-electron chi connectivity index (χ3n) is 3.16. The van der Waals surface area contributed by atoms with E-state index < -0.39 is 11.9 Å². The number of furan rings is 1. The molecule has 2 nitrogen and oxygen atoms in total. The Morgan fingerprint density at radius 3 is 2.70 bits per heavy atom.